The van der Waals surface area contributed by atoms with E-state index in [0.717, 1.165) is 0 Å². The number of pyridine rings is 1. The highest BCUT2D eigenvalue weighted by atomic mass is 19.1. The van der Waals surface area contributed by atoms with Gasteiger partial charge in [-0.15, -0.1) is 0 Å². The minimum atomic E-state index is -0.922. The Labute approximate surface area is 108 Å². The van der Waals surface area contributed by atoms with Gasteiger partial charge in [0.05, 0.1) is 24.6 Å². The van der Waals surface area contributed by atoms with Crippen LogP contribution in [0, 0.1) is 0 Å². The number of aromatic nitrogens is 3. The molecule has 2 aromatic heterocycles. The Morgan fingerprint density at radius 3 is 2.95 bits per heavy atom. The molecule has 1 aliphatic carbocycles. The lowest BCUT2D eigenvalue weighted by Gasteiger charge is -2.17. The minimum Gasteiger partial charge on any atom is -0.392 e. The summed E-state index contributed by atoms with van der Waals surface area (Å²) in [5.41, 5.74) is 6.99. The molecule has 0 bridgehead atoms. The topological polar surface area (TPSA) is 97.2 Å². The Morgan fingerprint density at radius 1 is 1.47 bits per heavy atom. The van der Waals surface area contributed by atoms with Gasteiger partial charge in [0.25, 0.3) is 0 Å². The van der Waals surface area contributed by atoms with E-state index in [1.807, 2.05) is 0 Å². The van der Waals surface area contributed by atoms with Gasteiger partial charge in [-0.05, 0) is 11.6 Å². The largest absolute Gasteiger partial charge is 0.392 e. The first-order valence-electron chi connectivity index (χ1n) is 5.87. The van der Waals surface area contributed by atoms with E-state index in [4.69, 9.17) is 10.8 Å². The first-order valence-corrected chi connectivity index (χ1v) is 5.87. The molecule has 0 amide bonds. The second-order valence-corrected chi connectivity index (χ2v) is 4.54. The fraction of sp³-hybridized carbons (Fsp3) is 0.333. The normalized spacial score (nSPS) is 23.5. The molecule has 19 heavy (non-hydrogen) atoms. The number of imidazole rings is 1. The Morgan fingerprint density at radius 2 is 2.26 bits per heavy atom. The van der Waals surface area contributed by atoms with Crippen LogP contribution in [0.25, 0.3) is 11.0 Å². The smallest absolute Gasteiger partial charge is 0.151 e. The van der Waals surface area contributed by atoms with Crippen LogP contribution in [0.1, 0.15) is 12.5 Å². The molecule has 2 heterocycles. The minimum absolute atomic E-state index is 0.118. The molecule has 0 saturated carbocycles. The van der Waals surface area contributed by atoms with Crippen molar-refractivity contribution in [2.45, 2.75) is 18.6 Å². The molecule has 2 unspecified atom stereocenters. The number of fused-ring (bicyclic) bond motifs is 1. The number of aliphatic hydroxyl groups excluding tert-OH is 2. The van der Waals surface area contributed by atoms with Gasteiger partial charge in [0.1, 0.15) is 17.4 Å². The predicted molar refractivity (Wildman–Crippen MR) is 66.8 cm³/mol. The third kappa shape index (κ3) is 1.70. The van der Waals surface area contributed by atoms with Gasteiger partial charge < -0.3 is 20.5 Å². The molecule has 1 aliphatic rings. The van der Waals surface area contributed by atoms with Gasteiger partial charge in [-0.2, -0.15) is 0 Å². The monoisotopic (exact) mass is 264 g/mol. The van der Waals surface area contributed by atoms with Crippen molar-refractivity contribution in [1.29, 1.82) is 0 Å². The van der Waals surface area contributed by atoms with Gasteiger partial charge in [0.15, 0.2) is 5.82 Å². The molecule has 0 saturated heterocycles. The first kappa shape index (κ1) is 12.1. The van der Waals surface area contributed by atoms with Crippen molar-refractivity contribution < 1.29 is 14.6 Å². The van der Waals surface area contributed by atoms with Crippen molar-refractivity contribution in [2.75, 3.05) is 12.3 Å². The molecule has 0 aromatic carbocycles. The molecular weight excluding hydrogens is 251 g/mol. The highest BCUT2D eigenvalue weighted by molar-refractivity contribution is 5.84. The molecule has 0 radical (unpaired) electrons. The predicted octanol–water partition coefficient (Wildman–Crippen LogP) is 0.535. The fourth-order valence-corrected chi connectivity index (χ4v) is 2.49. The summed E-state index contributed by atoms with van der Waals surface area (Å²) in [6.07, 6.45) is 2.13. The van der Waals surface area contributed by atoms with Crippen molar-refractivity contribution in [3.63, 3.8) is 0 Å². The summed E-state index contributed by atoms with van der Waals surface area (Å²) in [5, 5.41) is 19.0. The molecule has 100 valence electrons. The van der Waals surface area contributed by atoms with Gasteiger partial charge in [-0.25, -0.2) is 14.4 Å². The Kier molecular flexibility index (Phi) is 2.72. The van der Waals surface area contributed by atoms with Crippen LogP contribution in [0.4, 0.5) is 10.2 Å². The number of nitrogen functional groups attached to an aromatic ring is 1. The lowest BCUT2D eigenvalue weighted by Crippen LogP contribution is -2.19. The van der Waals surface area contributed by atoms with Crippen molar-refractivity contribution >= 4 is 16.9 Å². The number of aliphatic hydroxyl groups is 2. The molecule has 3 rings (SSSR count). The number of rotatable bonds is 2. The van der Waals surface area contributed by atoms with Gasteiger partial charge >= 0.3 is 0 Å². The van der Waals surface area contributed by atoms with Crippen molar-refractivity contribution in [2.24, 2.45) is 0 Å². The number of nitrogens with two attached hydrogens (primary N) is 1. The van der Waals surface area contributed by atoms with Crippen LogP contribution in [0.2, 0.25) is 0 Å². The zero-order valence-electron chi connectivity index (χ0n) is 9.99. The number of halogens is 1. The van der Waals surface area contributed by atoms with E-state index in [9.17, 15) is 9.50 Å². The van der Waals surface area contributed by atoms with Crippen molar-refractivity contribution in [1.82, 2.24) is 14.5 Å². The van der Waals surface area contributed by atoms with E-state index in [2.05, 4.69) is 9.97 Å². The van der Waals surface area contributed by atoms with Crippen LogP contribution >= 0.6 is 0 Å². The zero-order chi connectivity index (χ0) is 13.6. The third-order valence-electron chi connectivity index (χ3n) is 3.43. The second-order valence-electron chi connectivity index (χ2n) is 4.54. The van der Waals surface area contributed by atoms with Crippen molar-refractivity contribution in [3.05, 3.63) is 30.0 Å². The number of anilines is 1. The average Bonchev–Trinajstić information content (AvgIpc) is 2.92. The van der Waals surface area contributed by atoms with Crippen LogP contribution in [-0.4, -0.2) is 37.5 Å². The summed E-state index contributed by atoms with van der Waals surface area (Å²) in [6.45, 7) is -0.393. The van der Waals surface area contributed by atoms with Crippen LogP contribution < -0.4 is 5.73 Å². The van der Waals surface area contributed by atoms with E-state index < -0.39 is 24.6 Å². The summed E-state index contributed by atoms with van der Waals surface area (Å²) in [7, 11) is 0. The standard InChI is InChI=1S/C12H13FN4O2/c13-9-6(4-18)3-8(19)11(9)17-5-16-10-7(17)1-2-15-12(10)14/h1-2,5,8,11,18-19H,3-4H2,(H2,14,15). The fourth-order valence-electron chi connectivity index (χ4n) is 2.49. The van der Waals surface area contributed by atoms with Crippen molar-refractivity contribution in [3.8, 4) is 0 Å². The molecule has 7 heteroatoms. The Hall–Kier alpha value is -1.99. The molecular formula is C12H13FN4O2. The Balaban J connectivity index is 2.15. The third-order valence-corrected chi connectivity index (χ3v) is 3.43. The van der Waals surface area contributed by atoms with Gasteiger partial charge in [-0.1, -0.05) is 0 Å². The number of hydrogen-bond donors (Lipinski definition) is 3. The zero-order valence-corrected chi connectivity index (χ0v) is 9.99. The maximum absolute atomic E-state index is 14.2. The van der Waals surface area contributed by atoms with Crippen LogP contribution in [0.15, 0.2) is 30.0 Å². The molecule has 0 spiro atoms. The lowest BCUT2D eigenvalue weighted by atomic mass is 10.2. The van der Waals surface area contributed by atoms with Crippen LogP contribution in [0.3, 0.4) is 0 Å². The summed E-state index contributed by atoms with van der Waals surface area (Å²) in [5.74, 6) is -0.250. The average molecular weight is 264 g/mol. The molecule has 4 N–H and O–H groups in total. The van der Waals surface area contributed by atoms with Gasteiger partial charge in [-0.3, -0.25) is 0 Å². The SMILES string of the molecule is Nc1nccc2c1ncn2C1C(F)=C(CO)CC1O. The summed E-state index contributed by atoms with van der Waals surface area (Å²) < 4.78 is 15.7. The van der Waals surface area contributed by atoms with Crippen LogP contribution in [-0.2, 0) is 0 Å². The van der Waals surface area contributed by atoms with E-state index in [-0.39, 0.29) is 17.8 Å². The van der Waals surface area contributed by atoms with Gasteiger partial charge in [0, 0.05) is 12.6 Å². The number of hydrogen-bond acceptors (Lipinski definition) is 5. The van der Waals surface area contributed by atoms with Gasteiger partial charge in [0.2, 0.25) is 0 Å². The molecule has 2 atom stereocenters. The first-order chi connectivity index (χ1) is 9.13. The van der Waals surface area contributed by atoms with E-state index in [0.29, 0.717) is 11.0 Å². The molecule has 0 aliphatic heterocycles. The molecule has 6 nitrogen and oxygen atoms in total. The number of nitrogens with zero attached hydrogens (tertiary/aromatic N) is 3. The van der Waals surface area contributed by atoms with Crippen LogP contribution in [0.5, 0.6) is 0 Å². The summed E-state index contributed by atoms with van der Waals surface area (Å²) >= 11 is 0. The van der Waals surface area contributed by atoms with E-state index >= 15 is 0 Å². The summed E-state index contributed by atoms with van der Waals surface area (Å²) in [6, 6.07) is 0.796. The summed E-state index contributed by atoms with van der Waals surface area (Å²) in [4.78, 5) is 8.01. The van der Waals surface area contributed by atoms with E-state index in [1.165, 1.54) is 17.1 Å². The maximum atomic E-state index is 14.2. The quantitative estimate of drug-likeness (QED) is 0.735. The highest BCUT2D eigenvalue weighted by Gasteiger charge is 2.36. The second kappa shape index (κ2) is 4.29. The molecule has 0 fully saturated rings. The maximum Gasteiger partial charge on any atom is 0.151 e. The Bertz CT molecular complexity index is 667. The lowest BCUT2D eigenvalue weighted by molar-refractivity contribution is 0.135. The highest BCUT2D eigenvalue weighted by Crippen LogP contribution is 2.38. The molecule has 2 aromatic rings. The van der Waals surface area contributed by atoms with E-state index in [1.54, 1.807) is 6.07 Å².